The van der Waals surface area contributed by atoms with Crippen LogP contribution in [0.4, 0.5) is 0 Å². The zero-order chi connectivity index (χ0) is 14.5. The summed E-state index contributed by atoms with van der Waals surface area (Å²) in [5.41, 5.74) is 1.36. The topological polar surface area (TPSA) is 15.3 Å². The standard InChI is InChI=1S/C17H27ClN2/c1-4-5-16-10-19-17(13(2)3)12-20(16)11-14-6-8-15(18)9-7-14/h6-9,13,16-17,19H,4-5,10-12H2,1-3H3. The summed E-state index contributed by atoms with van der Waals surface area (Å²) in [6, 6.07) is 9.55. The van der Waals surface area contributed by atoms with Gasteiger partial charge in [-0.05, 0) is 30.0 Å². The first-order chi connectivity index (χ1) is 9.60. The Morgan fingerprint density at radius 1 is 1.30 bits per heavy atom. The molecule has 1 fully saturated rings. The molecule has 0 radical (unpaired) electrons. The van der Waals surface area contributed by atoms with E-state index in [-0.39, 0.29) is 0 Å². The minimum atomic E-state index is 0.607. The Balaban J connectivity index is 2.04. The third-order valence-electron chi connectivity index (χ3n) is 4.29. The van der Waals surface area contributed by atoms with E-state index < -0.39 is 0 Å². The molecule has 1 heterocycles. The first kappa shape index (κ1) is 15.8. The average Bonchev–Trinajstić information content (AvgIpc) is 2.43. The van der Waals surface area contributed by atoms with Crippen LogP contribution in [-0.4, -0.2) is 30.1 Å². The Bertz CT molecular complexity index is 402. The van der Waals surface area contributed by atoms with Gasteiger partial charge in [0.05, 0.1) is 0 Å². The molecule has 1 aromatic rings. The molecular weight excluding hydrogens is 268 g/mol. The van der Waals surface area contributed by atoms with Gasteiger partial charge in [-0.25, -0.2) is 0 Å². The lowest BCUT2D eigenvalue weighted by Gasteiger charge is -2.42. The highest BCUT2D eigenvalue weighted by Gasteiger charge is 2.28. The van der Waals surface area contributed by atoms with Crippen LogP contribution in [-0.2, 0) is 6.54 Å². The maximum atomic E-state index is 5.97. The van der Waals surface area contributed by atoms with Crippen LogP contribution in [0.15, 0.2) is 24.3 Å². The van der Waals surface area contributed by atoms with E-state index in [0.717, 1.165) is 24.7 Å². The number of piperazine rings is 1. The fourth-order valence-electron chi connectivity index (χ4n) is 2.97. The Hall–Kier alpha value is -0.570. The average molecular weight is 295 g/mol. The van der Waals surface area contributed by atoms with Crippen molar-refractivity contribution in [2.75, 3.05) is 13.1 Å². The van der Waals surface area contributed by atoms with Crippen LogP contribution in [0.2, 0.25) is 5.02 Å². The molecular formula is C17H27ClN2. The maximum absolute atomic E-state index is 5.97. The Morgan fingerprint density at radius 2 is 2.00 bits per heavy atom. The molecule has 112 valence electrons. The highest BCUT2D eigenvalue weighted by molar-refractivity contribution is 6.30. The van der Waals surface area contributed by atoms with E-state index in [0.29, 0.717) is 18.0 Å². The highest BCUT2D eigenvalue weighted by Crippen LogP contribution is 2.20. The molecule has 0 spiro atoms. The summed E-state index contributed by atoms with van der Waals surface area (Å²) in [7, 11) is 0. The number of rotatable bonds is 5. The predicted molar refractivity (Wildman–Crippen MR) is 87.2 cm³/mol. The molecule has 0 bridgehead atoms. The zero-order valence-corrected chi connectivity index (χ0v) is 13.7. The van der Waals surface area contributed by atoms with Crippen molar-refractivity contribution < 1.29 is 0 Å². The summed E-state index contributed by atoms with van der Waals surface area (Å²) in [6.07, 6.45) is 2.52. The molecule has 1 aromatic carbocycles. The molecule has 3 heteroatoms. The van der Waals surface area contributed by atoms with Crippen molar-refractivity contribution in [3.63, 3.8) is 0 Å². The van der Waals surface area contributed by atoms with E-state index in [9.17, 15) is 0 Å². The van der Waals surface area contributed by atoms with Crippen LogP contribution in [0.3, 0.4) is 0 Å². The van der Waals surface area contributed by atoms with Gasteiger partial charge in [-0.2, -0.15) is 0 Å². The van der Waals surface area contributed by atoms with Gasteiger partial charge in [0.2, 0.25) is 0 Å². The second-order valence-corrected chi connectivity index (χ2v) is 6.69. The molecule has 20 heavy (non-hydrogen) atoms. The second kappa shape index (κ2) is 7.44. The predicted octanol–water partition coefficient (Wildman–Crippen LogP) is 3.94. The summed E-state index contributed by atoms with van der Waals surface area (Å²) < 4.78 is 0. The van der Waals surface area contributed by atoms with Crippen molar-refractivity contribution in [2.45, 2.75) is 52.2 Å². The molecule has 0 saturated carbocycles. The lowest BCUT2D eigenvalue weighted by molar-refractivity contribution is 0.0997. The number of nitrogens with one attached hydrogen (secondary N) is 1. The summed E-state index contributed by atoms with van der Waals surface area (Å²) in [6.45, 7) is 10.2. The zero-order valence-electron chi connectivity index (χ0n) is 12.9. The molecule has 2 rings (SSSR count). The van der Waals surface area contributed by atoms with Gasteiger partial charge in [0, 0.05) is 36.7 Å². The van der Waals surface area contributed by atoms with Crippen molar-refractivity contribution in [1.82, 2.24) is 10.2 Å². The fourth-order valence-corrected chi connectivity index (χ4v) is 3.09. The van der Waals surface area contributed by atoms with Crippen molar-refractivity contribution in [3.05, 3.63) is 34.9 Å². The summed E-state index contributed by atoms with van der Waals surface area (Å²) in [5.74, 6) is 0.685. The summed E-state index contributed by atoms with van der Waals surface area (Å²) in [4.78, 5) is 2.65. The first-order valence-electron chi connectivity index (χ1n) is 7.82. The molecule has 1 aliphatic rings. The number of hydrogen-bond acceptors (Lipinski definition) is 2. The SMILES string of the molecule is CCCC1CNC(C(C)C)CN1Cc1ccc(Cl)cc1. The molecule has 1 aliphatic heterocycles. The monoisotopic (exact) mass is 294 g/mol. The van der Waals surface area contributed by atoms with Crippen LogP contribution in [0.1, 0.15) is 39.2 Å². The van der Waals surface area contributed by atoms with Gasteiger partial charge in [0.25, 0.3) is 0 Å². The molecule has 0 aromatic heterocycles. The van der Waals surface area contributed by atoms with Gasteiger partial charge in [0.1, 0.15) is 0 Å². The van der Waals surface area contributed by atoms with E-state index in [1.807, 2.05) is 12.1 Å². The minimum absolute atomic E-state index is 0.607. The van der Waals surface area contributed by atoms with E-state index >= 15 is 0 Å². The second-order valence-electron chi connectivity index (χ2n) is 6.26. The maximum Gasteiger partial charge on any atom is 0.0406 e. The molecule has 0 aliphatic carbocycles. The van der Waals surface area contributed by atoms with Crippen LogP contribution in [0.5, 0.6) is 0 Å². The van der Waals surface area contributed by atoms with Crippen molar-refractivity contribution >= 4 is 11.6 Å². The molecule has 2 atom stereocenters. The molecule has 1 N–H and O–H groups in total. The van der Waals surface area contributed by atoms with Crippen molar-refractivity contribution in [2.24, 2.45) is 5.92 Å². The quantitative estimate of drug-likeness (QED) is 0.885. The van der Waals surface area contributed by atoms with Crippen LogP contribution in [0, 0.1) is 5.92 Å². The normalized spacial score (nSPS) is 24.2. The third-order valence-corrected chi connectivity index (χ3v) is 4.54. The van der Waals surface area contributed by atoms with Gasteiger partial charge in [-0.1, -0.05) is 50.9 Å². The van der Waals surface area contributed by atoms with Crippen molar-refractivity contribution in [3.8, 4) is 0 Å². The minimum Gasteiger partial charge on any atom is -0.311 e. The molecule has 2 nitrogen and oxygen atoms in total. The lowest BCUT2D eigenvalue weighted by Crippen LogP contribution is -2.57. The smallest absolute Gasteiger partial charge is 0.0406 e. The van der Waals surface area contributed by atoms with Gasteiger partial charge < -0.3 is 5.32 Å². The number of halogens is 1. The highest BCUT2D eigenvalue weighted by atomic mass is 35.5. The third kappa shape index (κ3) is 4.21. The Labute approximate surface area is 128 Å². The largest absolute Gasteiger partial charge is 0.311 e. The van der Waals surface area contributed by atoms with Gasteiger partial charge >= 0.3 is 0 Å². The molecule has 0 amide bonds. The summed E-state index contributed by atoms with van der Waals surface area (Å²) in [5, 5.41) is 4.53. The van der Waals surface area contributed by atoms with E-state index in [2.05, 4.69) is 43.1 Å². The molecule has 1 saturated heterocycles. The fraction of sp³-hybridized carbons (Fsp3) is 0.647. The lowest BCUT2D eigenvalue weighted by atomic mass is 9.97. The number of hydrogen-bond donors (Lipinski definition) is 1. The Morgan fingerprint density at radius 3 is 2.60 bits per heavy atom. The van der Waals surface area contributed by atoms with E-state index in [4.69, 9.17) is 11.6 Å². The van der Waals surface area contributed by atoms with Crippen LogP contribution >= 0.6 is 11.6 Å². The van der Waals surface area contributed by atoms with E-state index in [1.165, 1.54) is 18.4 Å². The van der Waals surface area contributed by atoms with Crippen LogP contribution < -0.4 is 5.32 Å². The van der Waals surface area contributed by atoms with Gasteiger partial charge in [-0.3, -0.25) is 4.90 Å². The van der Waals surface area contributed by atoms with Crippen molar-refractivity contribution in [1.29, 1.82) is 0 Å². The van der Waals surface area contributed by atoms with Gasteiger partial charge in [0.15, 0.2) is 0 Å². The number of nitrogens with zero attached hydrogens (tertiary/aromatic N) is 1. The first-order valence-corrected chi connectivity index (χ1v) is 8.19. The summed E-state index contributed by atoms with van der Waals surface area (Å²) >= 11 is 5.97. The van der Waals surface area contributed by atoms with Gasteiger partial charge in [-0.15, -0.1) is 0 Å². The van der Waals surface area contributed by atoms with Crippen LogP contribution in [0.25, 0.3) is 0 Å². The Kier molecular flexibility index (Phi) is 5.88. The molecule has 2 unspecified atom stereocenters. The number of benzene rings is 1. The van der Waals surface area contributed by atoms with E-state index in [1.54, 1.807) is 0 Å².